The molecule has 0 aliphatic carbocycles. The fourth-order valence-corrected chi connectivity index (χ4v) is 6.93. The summed E-state index contributed by atoms with van der Waals surface area (Å²) < 4.78 is 6.79. The lowest BCUT2D eigenvalue weighted by atomic mass is 9.90. The number of anilines is 3. The van der Waals surface area contributed by atoms with E-state index in [4.69, 9.17) is 4.74 Å². The number of benzene rings is 8. The van der Waals surface area contributed by atoms with Gasteiger partial charge in [-0.3, -0.25) is 0 Å². The highest BCUT2D eigenvalue weighted by molar-refractivity contribution is 6.06. The van der Waals surface area contributed by atoms with Crippen molar-refractivity contribution in [2.75, 3.05) is 4.90 Å². The molecule has 0 radical (unpaired) electrons. The van der Waals surface area contributed by atoms with Crippen molar-refractivity contribution in [1.82, 2.24) is 0 Å². The van der Waals surface area contributed by atoms with Crippen LogP contribution in [-0.4, -0.2) is 0 Å². The Morgan fingerprint density at radius 1 is 0.333 bits per heavy atom. The van der Waals surface area contributed by atoms with Crippen LogP contribution in [0.4, 0.5) is 17.1 Å². The zero-order chi connectivity index (χ0) is 31.9. The summed E-state index contributed by atoms with van der Waals surface area (Å²) in [4.78, 5) is 2.36. The molecule has 0 amide bonds. The zero-order valence-electron chi connectivity index (χ0n) is 26.3. The fraction of sp³-hybridized carbons (Fsp3) is 0. The van der Waals surface area contributed by atoms with Crippen LogP contribution in [-0.2, 0) is 0 Å². The largest absolute Gasteiger partial charge is 0.455 e. The molecule has 2 nitrogen and oxygen atoms in total. The summed E-state index contributed by atoms with van der Waals surface area (Å²) in [5, 5.41) is 2.32. The molecule has 0 saturated carbocycles. The molecule has 0 N–H and O–H groups in total. The molecule has 9 rings (SSSR count). The van der Waals surface area contributed by atoms with E-state index in [-0.39, 0.29) is 0 Å². The molecule has 0 fully saturated rings. The lowest BCUT2D eigenvalue weighted by molar-refractivity contribution is 0.489. The first-order valence-electron chi connectivity index (χ1n) is 16.3. The van der Waals surface area contributed by atoms with Gasteiger partial charge in [0.25, 0.3) is 0 Å². The molecule has 8 aromatic rings. The van der Waals surface area contributed by atoms with Gasteiger partial charge >= 0.3 is 0 Å². The average molecular weight is 614 g/mol. The number of hydrogen-bond donors (Lipinski definition) is 0. The molecule has 0 atom stereocenters. The minimum Gasteiger partial charge on any atom is -0.455 e. The minimum atomic E-state index is 0.884. The summed E-state index contributed by atoms with van der Waals surface area (Å²) in [6, 6.07) is 66.8. The molecule has 226 valence electrons. The topological polar surface area (TPSA) is 12.5 Å². The van der Waals surface area contributed by atoms with Gasteiger partial charge in [-0.2, -0.15) is 0 Å². The van der Waals surface area contributed by atoms with E-state index in [9.17, 15) is 0 Å². The van der Waals surface area contributed by atoms with Crippen molar-refractivity contribution < 1.29 is 4.74 Å². The van der Waals surface area contributed by atoms with Crippen LogP contribution in [0.5, 0.6) is 11.5 Å². The van der Waals surface area contributed by atoms with E-state index in [0.29, 0.717) is 0 Å². The Bertz CT molecular complexity index is 2290. The van der Waals surface area contributed by atoms with Crippen LogP contribution in [0.15, 0.2) is 188 Å². The normalized spacial score (nSPS) is 11.5. The third-order valence-electron chi connectivity index (χ3n) is 9.25. The van der Waals surface area contributed by atoms with Crippen LogP contribution in [0.25, 0.3) is 55.3 Å². The third kappa shape index (κ3) is 4.92. The maximum Gasteiger partial charge on any atom is 0.143 e. The van der Waals surface area contributed by atoms with Gasteiger partial charge in [-0.25, -0.2) is 0 Å². The first kappa shape index (κ1) is 27.9. The summed E-state index contributed by atoms with van der Waals surface area (Å²) in [5.41, 5.74) is 12.4. The van der Waals surface area contributed by atoms with E-state index < -0.39 is 0 Å². The molecule has 0 spiro atoms. The van der Waals surface area contributed by atoms with Gasteiger partial charge in [0.1, 0.15) is 11.5 Å². The summed E-state index contributed by atoms with van der Waals surface area (Å²) in [6.45, 7) is 0. The van der Waals surface area contributed by atoms with Crippen molar-refractivity contribution in [2.24, 2.45) is 0 Å². The Morgan fingerprint density at radius 3 is 1.38 bits per heavy atom. The van der Waals surface area contributed by atoms with Gasteiger partial charge in [0.05, 0.1) is 0 Å². The summed E-state index contributed by atoms with van der Waals surface area (Å²) in [5.74, 6) is 1.78. The monoisotopic (exact) mass is 613 g/mol. The predicted molar refractivity (Wildman–Crippen MR) is 200 cm³/mol. The predicted octanol–water partition coefficient (Wildman–Crippen LogP) is 13.1. The Balaban J connectivity index is 1.26. The van der Waals surface area contributed by atoms with E-state index in [1.54, 1.807) is 0 Å². The van der Waals surface area contributed by atoms with Gasteiger partial charge in [-0.1, -0.05) is 146 Å². The van der Waals surface area contributed by atoms with Crippen molar-refractivity contribution in [3.63, 3.8) is 0 Å². The highest BCUT2D eigenvalue weighted by Gasteiger charge is 2.26. The van der Waals surface area contributed by atoms with Crippen LogP contribution in [0.2, 0.25) is 0 Å². The summed E-state index contributed by atoms with van der Waals surface area (Å²) in [6.07, 6.45) is 0. The lowest BCUT2D eigenvalue weighted by Gasteiger charge is -2.30. The quantitative estimate of drug-likeness (QED) is 0.185. The van der Waals surface area contributed by atoms with Crippen LogP contribution in [0.3, 0.4) is 0 Å². The standard InChI is InChI=1S/C46H31NO/c1-4-12-32(13-5-1)34-22-26-38(27-23-34)47(39-28-24-35(25-29-39)33-14-6-2-7-15-33)40-30-42(36-16-8-3-9-17-36)46-43(31-40)41-20-10-18-37-19-11-21-44(48-46)45(37)41/h1-31H. The van der Waals surface area contributed by atoms with Gasteiger partial charge in [0, 0.05) is 33.6 Å². The highest BCUT2D eigenvalue weighted by Crippen LogP contribution is 2.53. The van der Waals surface area contributed by atoms with Gasteiger partial charge in [-0.05, 0) is 81.2 Å². The zero-order valence-corrected chi connectivity index (χ0v) is 26.3. The molecule has 48 heavy (non-hydrogen) atoms. The molecule has 2 heteroatoms. The Morgan fingerprint density at radius 2 is 0.812 bits per heavy atom. The minimum absolute atomic E-state index is 0.884. The highest BCUT2D eigenvalue weighted by atomic mass is 16.5. The molecule has 1 heterocycles. The van der Waals surface area contributed by atoms with Crippen LogP contribution in [0, 0.1) is 0 Å². The number of rotatable bonds is 6. The molecular formula is C46H31NO. The second-order valence-electron chi connectivity index (χ2n) is 12.2. The SMILES string of the molecule is c1ccc(-c2ccc(N(c3ccc(-c4ccccc4)cc3)c3cc(-c4ccccc4)c4c(c3)-c3cccc5cccc(c35)O4)cc2)cc1. The number of nitrogens with zero attached hydrogens (tertiary/aromatic N) is 1. The summed E-state index contributed by atoms with van der Waals surface area (Å²) >= 11 is 0. The number of fused-ring (bicyclic) bond motifs is 2. The van der Waals surface area contributed by atoms with E-state index in [2.05, 4.69) is 193 Å². The summed E-state index contributed by atoms with van der Waals surface area (Å²) in [7, 11) is 0. The van der Waals surface area contributed by atoms with Crippen molar-refractivity contribution >= 4 is 27.8 Å². The molecule has 8 aromatic carbocycles. The second kappa shape index (κ2) is 11.8. The van der Waals surface area contributed by atoms with Crippen LogP contribution in [0.1, 0.15) is 0 Å². The average Bonchev–Trinajstić information content (AvgIpc) is 3.17. The second-order valence-corrected chi connectivity index (χ2v) is 12.2. The van der Waals surface area contributed by atoms with Crippen molar-refractivity contribution in [3.8, 4) is 56.0 Å². The van der Waals surface area contributed by atoms with Crippen molar-refractivity contribution in [1.29, 1.82) is 0 Å². The Kier molecular flexibility index (Phi) is 6.84. The third-order valence-corrected chi connectivity index (χ3v) is 9.25. The first-order chi connectivity index (χ1) is 23.8. The van der Waals surface area contributed by atoms with Gasteiger partial charge < -0.3 is 9.64 Å². The van der Waals surface area contributed by atoms with Crippen molar-refractivity contribution in [2.45, 2.75) is 0 Å². The van der Waals surface area contributed by atoms with E-state index in [0.717, 1.165) is 50.6 Å². The van der Waals surface area contributed by atoms with Crippen molar-refractivity contribution in [3.05, 3.63) is 188 Å². The fourth-order valence-electron chi connectivity index (χ4n) is 6.93. The van der Waals surface area contributed by atoms with Gasteiger partial charge in [-0.15, -0.1) is 0 Å². The van der Waals surface area contributed by atoms with Crippen LogP contribution >= 0.6 is 0 Å². The molecule has 1 aliphatic rings. The lowest BCUT2D eigenvalue weighted by Crippen LogP contribution is -2.11. The van der Waals surface area contributed by atoms with Gasteiger partial charge in [0.2, 0.25) is 0 Å². The molecule has 0 aromatic heterocycles. The van der Waals surface area contributed by atoms with Gasteiger partial charge in [0.15, 0.2) is 0 Å². The number of ether oxygens (including phenoxy) is 1. The molecule has 0 bridgehead atoms. The van der Waals surface area contributed by atoms with Crippen LogP contribution < -0.4 is 9.64 Å². The van der Waals surface area contributed by atoms with E-state index >= 15 is 0 Å². The molecular weight excluding hydrogens is 583 g/mol. The molecule has 1 aliphatic heterocycles. The van der Waals surface area contributed by atoms with E-state index in [1.165, 1.54) is 33.2 Å². The van der Waals surface area contributed by atoms with E-state index in [1.807, 2.05) is 0 Å². The Labute approximate surface area is 280 Å². The maximum atomic E-state index is 6.79. The molecule has 0 saturated heterocycles. The number of hydrogen-bond acceptors (Lipinski definition) is 2. The smallest absolute Gasteiger partial charge is 0.143 e. The molecule has 0 unspecified atom stereocenters. The maximum absolute atomic E-state index is 6.79. The Hall–Kier alpha value is -6.38. The first-order valence-corrected chi connectivity index (χ1v) is 16.3.